The molecule has 3 N–H and O–H groups in total. The Bertz CT molecular complexity index is 489. The smallest absolute Gasteiger partial charge is 0.208 e. The van der Waals surface area contributed by atoms with E-state index < -0.39 is 10.0 Å². The molecule has 18 heavy (non-hydrogen) atoms. The molecule has 102 valence electrons. The van der Waals surface area contributed by atoms with Gasteiger partial charge in [-0.1, -0.05) is 0 Å². The first-order chi connectivity index (χ1) is 8.44. The van der Waals surface area contributed by atoms with Crippen molar-refractivity contribution in [1.29, 1.82) is 0 Å². The number of sulfonamides is 1. The zero-order chi connectivity index (χ0) is 13.6. The van der Waals surface area contributed by atoms with E-state index in [1.165, 1.54) is 6.33 Å². The zero-order valence-corrected chi connectivity index (χ0v) is 11.6. The summed E-state index contributed by atoms with van der Waals surface area (Å²) in [7, 11) is -3.14. The quantitative estimate of drug-likeness (QED) is 0.613. The highest BCUT2D eigenvalue weighted by molar-refractivity contribution is 7.88. The van der Waals surface area contributed by atoms with Crippen LogP contribution in [0.1, 0.15) is 12.5 Å². The second-order valence-electron chi connectivity index (χ2n) is 3.82. The summed E-state index contributed by atoms with van der Waals surface area (Å²) in [6.45, 7) is 5.47. The molecule has 7 nitrogen and oxygen atoms in total. The summed E-state index contributed by atoms with van der Waals surface area (Å²) in [6, 6.07) is 0. The number of nitrogens with zero attached hydrogens (tertiary/aromatic N) is 2. The molecule has 0 aliphatic carbocycles. The third-order valence-corrected chi connectivity index (χ3v) is 2.94. The fourth-order valence-electron chi connectivity index (χ4n) is 1.39. The highest BCUT2D eigenvalue weighted by Crippen LogP contribution is 2.17. The second kappa shape index (κ2) is 6.50. The van der Waals surface area contributed by atoms with Crippen LogP contribution in [0.5, 0.6) is 0 Å². The number of hydrogen-bond acceptors (Lipinski definition) is 6. The first-order valence-corrected chi connectivity index (χ1v) is 7.57. The van der Waals surface area contributed by atoms with Gasteiger partial charge in [-0.2, -0.15) is 0 Å². The first-order valence-electron chi connectivity index (χ1n) is 5.68. The molecule has 0 aliphatic rings. The van der Waals surface area contributed by atoms with E-state index in [1.54, 1.807) is 0 Å². The summed E-state index contributed by atoms with van der Waals surface area (Å²) in [6.07, 6.45) is 2.60. The van der Waals surface area contributed by atoms with Crippen molar-refractivity contribution in [1.82, 2.24) is 14.7 Å². The molecule has 0 aromatic carbocycles. The minimum Gasteiger partial charge on any atom is -0.370 e. The SMILES string of the molecule is CCNc1ncnc(NCCNS(C)(=O)=O)c1C. The van der Waals surface area contributed by atoms with E-state index >= 15 is 0 Å². The number of rotatable bonds is 7. The summed E-state index contributed by atoms with van der Waals surface area (Å²) in [5.41, 5.74) is 0.915. The van der Waals surface area contributed by atoms with Gasteiger partial charge in [-0.25, -0.2) is 23.1 Å². The van der Waals surface area contributed by atoms with Gasteiger partial charge in [0.2, 0.25) is 10.0 Å². The van der Waals surface area contributed by atoms with Gasteiger partial charge in [0.25, 0.3) is 0 Å². The maximum atomic E-state index is 10.9. The van der Waals surface area contributed by atoms with Gasteiger partial charge >= 0.3 is 0 Å². The Morgan fingerprint density at radius 1 is 1.17 bits per heavy atom. The molecule has 0 unspecified atom stereocenters. The van der Waals surface area contributed by atoms with Gasteiger partial charge in [-0.05, 0) is 13.8 Å². The predicted molar refractivity (Wildman–Crippen MR) is 72.3 cm³/mol. The zero-order valence-electron chi connectivity index (χ0n) is 10.8. The first kappa shape index (κ1) is 14.7. The monoisotopic (exact) mass is 273 g/mol. The number of nitrogens with one attached hydrogen (secondary N) is 3. The maximum Gasteiger partial charge on any atom is 0.208 e. The van der Waals surface area contributed by atoms with E-state index in [1.807, 2.05) is 13.8 Å². The average Bonchev–Trinajstić information content (AvgIpc) is 2.28. The molecule has 0 atom stereocenters. The number of aromatic nitrogens is 2. The standard InChI is InChI=1S/C10H19N5O2S/c1-4-11-9-8(2)10(14-7-13-9)12-5-6-15-18(3,16)17/h7,15H,4-6H2,1-3H3,(H2,11,12,13,14). The second-order valence-corrected chi connectivity index (χ2v) is 5.65. The topological polar surface area (TPSA) is 96.0 Å². The molecule has 0 aliphatic heterocycles. The fourth-order valence-corrected chi connectivity index (χ4v) is 1.86. The minimum absolute atomic E-state index is 0.318. The van der Waals surface area contributed by atoms with Gasteiger partial charge < -0.3 is 10.6 Å². The molecule has 0 bridgehead atoms. The largest absolute Gasteiger partial charge is 0.370 e. The molecule has 1 rings (SSSR count). The van der Waals surface area contributed by atoms with Crippen LogP contribution < -0.4 is 15.4 Å². The number of hydrogen-bond donors (Lipinski definition) is 3. The molecular weight excluding hydrogens is 254 g/mol. The summed E-state index contributed by atoms with van der Waals surface area (Å²) >= 11 is 0. The van der Waals surface area contributed by atoms with Crippen LogP contribution >= 0.6 is 0 Å². The molecule has 0 amide bonds. The van der Waals surface area contributed by atoms with Crippen molar-refractivity contribution in [2.45, 2.75) is 13.8 Å². The van der Waals surface area contributed by atoms with Crippen LogP contribution in [0.4, 0.5) is 11.6 Å². The van der Waals surface area contributed by atoms with Crippen molar-refractivity contribution < 1.29 is 8.42 Å². The molecule has 0 saturated heterocycles. The van der Waals surface area contributed by atoms with Crippen LogP contribution in [-0.2, 0) is 10.0 Å². The fraction of sp³-hybridized carbons (Fsp3) is 0.600. The molecule has 1 aromatic heterocycles. The maximum absolute atomic E-state index is 10.9. The van der Waals surface area contributed by atoms with E-state index in [4.69, 9.17) is 0 Å². The van der Waals surface area contributed by atoms with Crippen LogP contribution in [-0.4, -0.2) is 44.3 Å². The van der Waals surface area contributed by atoms with E-state index in [9.17, 15) is 8.42 Å². The molecule has 0 saturated carbocycles. The molecular formula is C10H19N5O2S. The van der Waals surface area contributed by atoms with Crippen molar-refractivity contribution in [2.24, 2.45) is 0 Å². The third kappa shape index (κ3) is 4.84. The van der Waals surface area contributed by atoms with Crippen LogP contribution in [0, 0.1) is 6.92 Å². The summed E-state index contributed by atoms with van der Waals surface area (Å²) in [5, 5.41) is 6.19. The summed E-state index contributed by atoms with van der Waals surface area (Å²) in [5.74, 6) is 1.49. The van der Waals surface area contributed by atoms with Crippen molar-refractivity contribution in [3.8, 4) is 0 Å². The molecule has 1 heterocycles. The molecule has 0 spiro atoms. The Kier molecular flexibility index (Phi) is 5.29. The minimum atomic E-state index is -3.14. The lowest BCUT2D eigenvalue weighted by molar-refractivity contribution is 0.589. The molecule has 0 fully saturated rings. The predicted octanol–water partition coefficient (Wildman–Crippen LogP) is 0.178. The Labute approximate surface area is 107 Å². The van der Waals surface area contributed by atoms with E-state index in [2.05, 4.69) is 25.3 Å². The normalized spacial score (nSPS) is 11.3. The molecule has 1 aromatic rings. The van der Waals surface area contributed by atoms with Gasteiger partial charge in [-0.3, -0.25) is 0 Å². The Morgan fingerprint density at radius 2 is 1.78 bits per heavy atom. The lowest BCUT2D eigenvalue weighted by atomic mass is 10.3. The van der Waals surface area contributed by atoms with Crippen LogP contribution in [0.3, 0.4) is 0 Å². The third-order valence-electron chi connectivity index (χ3n) is 2.21. The summed E-state index contributed by atoms with van der Waals surface area (Å²) in [4.78, 5) is 8.24. The van der Waals surface area contributed by atoms with Crippen molar-refractivity contribution in [3.05, 3.63) is 11.9 Å². The Hall–Kier alpha value is -1.41. The number of anilines is 2. The molecule has 0 radical (unpaired) electrons. The van der Waals surface area contributed by atoms with Crippen LogP contribution in [0.15, 0.2) is 6.33 Å². The van der Waals surface area contributed by atoms with E-state index in [0.29, 0.717) is 18.9 Å². The van der Waals surface area contributed by atoms with Crippen molar-refractivity contribution in [2.75, 3.05) is 36.5 Å². The van der Waals surface area contributed by atoms with Gasteiger partial charge in [0.1, 0.15) is 18.0 Å². The van der Waals surface area contributed by atoms with Gasteiger partial charge in [0.15, 0.2) is 0 Å². The van der Waals surface area contributed by atoms with Crippen LogP contribution in [0.2, 0.25) is 0 Å². The molecule has 8 heteroatoms. The van der Waals surface area contributed by atoms with Crippen LogP contribution in [0.25, 0.3) is 0 Å². The van der Waals surface area contributed by atoms with Gasteiger partial charge in [0.05, 0.1) is 6.26 Å². The van der Waals surface area contributed by atoms with Crippen molar-refractivity contribution >= 4 is 21.7 Å². The Balaban J connectivity index is 2.55. The van der Waals surface area contributed by atoms with E-state index in [-0.39, 0.29) is 0 Å². The van der Waals surface area contributed by atoms with Crippen molar-refractivity contribution in [3.63, 3.8) is 0 Å². The lowest BCUT2D eigenvalue weighted by Crippen LogP contribution is -2.28. The summed E-state index contributed by atoms with van der Waals surface area (Å²) < 4.78 is 24.2. The highest BCUT2D eigenvalue weighted by atomic mass is 32.2. The Morgan fingerprint density at radius 3 is 2.33 bits per heavy atom. The van der Waals surface area contributed by atoms with Gasteiger partial charge in [-0.15, -0.1) is 0 Å². The van der Waals surface area contributed by atoms with Gasteiger partial charge in [0, 0.05) is 25.2 Å². The highest BCUT2D eigenvalue weighted by Gasteiger charge is 2.05. The van der Waals surface area contributed by atoms with E-state index in [0.717, 1.165) is 24.2 Å². The lowest BCUT2D eigenvalue weighted by Gasteiger charge is -2.11. The average molecular weight is 273 g/mol.